The van der Waals surface area contributed by atoms with Gasteiger partial charge in [0.05, 0.1) is 0 Å². The molecule has 2 rings (SSSR count). The zero-order valence-corrected chi connectivity index (χ0v) is 7.31. The van der Waals surface area contributed by atoms with E-state index in [0.717, 1.165) is 31.8 Å². The van der Waals surface area contributed by atoms with E-state index >= 15 is 0 Å². The molecule has 12 heavy (non-hydrogen) atoms. The molecular formula is C9H16N2O. The van der Waals surface area contributed by atoms with Crippen LogP contribution in [0.15, 0.2) is 0 Å². The summed E-state index contributed by atoms with van der Waals surface area (Å²) >= 11 is 0. The second-order valence-corrected chi connectivity index (χ2v) is 3.84. The highest BCUT2D eigenvalue weighted by molar-refractivity contribution is 5.76. The lowest BCUT2D eigenvalue weighted by atomic mass is 10.0. The standard InChI is InChI=1S/C9H16N2O/c12-9-3-1-2-8(11-9)6-10-7-4-5-7/h7-8,10H,1-6H2,(H,11,12). The first kappa shape index (κ1) is 8.05. The third kappa shape index (κ3) is 2.21. The maximum Gasteiger partial charge on any atom is 0.220 e. The first-order chi connectivity index (χ1) is 5.84. The van der Waals surface area contributed by atoms with Crippen molar-refractivity contribution in [1.82, 2.24) is 10.6 Å². The highest BCUT2D eigenvalue weighted by atomic mass is 16.1. The van der Waals surface area contributed by atoms with Crippen LogP contribution < -0.4 is 10.6 Å². The summed E-state index contributed by atoms with van der Waals surface area (Å²) in [5.41, 5.74) is 0. The Balaban J connectivity index is 1.67. The highest BCUT2D eigenvalue weighted by Crippen LogP contribution is 2.19. The summed E-state index contributed by atoms with van der Waals surface area (Å²) in [5, 5.41) is 6.43. The van der Waals surface area contributed by atoms with Crippen molar-refractivity contribution in [2.45, 2.75) is 44.2 Å². The van der Waals surface area contributed by atoms with Crippen molar-refractivity contribution in [3.05, 3.63) is 0 Å². The Bertz CT molecular complexity index is 177. The van der Waals surface area contributed by atoms with Crippen molar-refractivity contribution < 1.29 is 4.79 Å². The Morgan fingerprint density at radius 2 is 2.25 bits per heavy atom. The molecule has 1 aliphatic heterocycles. The molecule has 0 aromatic rings. The molecule has 1 amide bonds. The molecular weight excluding hydrogens is 152 g/mol. The predicted octanol–water partition coefficient (Wildman–Crippen LogP) is 0.407. The Kier molecular flexibility index (Phi) is 2.30. The fourth-order valence-electron chi connectivity index (χ4n) is 1.63. The molecule has 2 aliphatic rings. The molecule has 1 atom stereocenters. The van der Waals surface area contributed by atoms with E-state index in [2.05, 4.69) is 10.6 Å². The van der Waals surface area contributed by atoms with Crippen molar-refractivity contribution in [2.24, 2.45) is 0 Å². The van der Waals surface area contributed by atoms with Gasteiger partial charge < -0.3 is 10.6 Å². The molecule has 1 aliphatic carbocycles. The molecule has 0 aromatic carbocycles. The lowest BCUT2D eigenvalue weighted by Gasteiger charge is -2.23. The van der Waals surface area contributed by atoms with E-state index in [4.69, 9.17) is 0 Å². The van der Waals surface area contributed by atoms with Crippen molar-refractivity contribution in [3.8, 4) is 0 Å². The largest absolute Gasteiger partial charge is 0.352 e. The zero-order chi connectivity index (χ0) is 8.39. The summed E-state index contributed by atoms with van der Waals surface area (Å²) in [6.45, 7) is 0.969. The lowest BCUT2D eigenvalue weighted by Crippen LogP contribution is -2.45. The van der Waals surface area contributed by atoms with Crippen molar-refractivity contribution in [1.29, 1.82) is 0 Å². The van der Waals surface area contributed by atoms with E-state index in [1.165, 1.54) is 12.8 Å². The van der Waals surface area contributed by atoms with Gasteiger partial charge in [-0.05, 0) is 25.7 Å². The van der Waals surface area contributed by atoms with Crippen LogP contribution in [-0.2, 0) is 4.79 Å². The molecule has 0 radical (unpaired) electrons. The molecule has 0 aromatic heterocycles. The minimum Gasteiger partial charge on any atom is -0.352 e. The topological polar surface area (TPSA) is 41.1 Å². The van der Waals surface area contributed by atoms with Gasteiger partial charge in [-0.15, -0.1) is 0 Å². The number of hydrogen-bond acceptors (Lipinski definition) is 2. The van der Waals surface area contributed by atoms with Crippen molar-refractivity contribution >= 4 is 5.91 Å². The van der Waals surface area contributed by atoms with Gasteiger partial charge in [-0.3, -0.25) is 4.79 Å². The van der Waals surface area contributed by atoms with E-state index < -0.39 is 0 Å². The number of hydrogen-bond donors (Lipinski definition) is 2. The molecule has 1 saturated carbocycles. The predicted molar refractivity (Wildman–Crippen MR) is 46.8 cm³/mol. The smallest absolute Gasteiger partial charge is 0.220 e. The Morgan fingerprint density at radius 3 is 2.92 bits per heavy atom. The number of piperidine rings is 1. The molecule has 2 fully saturated rings. The molecule has 0 bridgehead atoms. The maximum atomic E-state index is 11.0. The van der Waals surface area contributed by atoms with Crippen LogP contribution in [0, 0.1) is 0 Å². The molecule has 1 unspecified atom stereocenters. The quantitative estimate of drug-likeness (QED) is 0.640. The van der Waals surface area contributed by atoms with Crippen LogP contribution in [0.25, 0.3) is 0 Å². The fraction of sp³-hybridized carbons (Fsp3) is 0.889. The first-order valence-corrected chi connectivity index (χ1v) is 4.87. The van der Waals surface area contributed by atoms with Crippen molar-refractivity contribution in [2.75, 3.05) is 6.54 Å². The lowest BCUT2D eigenvalue weighted by molar-refractivity contribution is -0.123. The summed E-state index contributed by atoms with van der Waals surface area (Å²) < 4.78 is 0. The molecule has 0 spiro atoms. The Labute approximate surface area is 72.9 Å². The SMILES string of the molecule is O=C1CCCC(CNC2CC2)N1. The van der Waals surface area contributed by atoms with E-state index in [1.807, 2.05) is 0 Å². The Morgan fingerprint density at radius 1 is 1.42 bits per heavy atom. The van der Waals surface area contributed by atoms with Gasteiger partial charge in [-0.2, -0.15) is 0 Å². The van der Waals surface area contributed by atoms with Crippen molar-refractivity contribution in [3.63, 3.8) is 0 Å². The summed E-state index contributed by atoms with van der Waals surface area (Å²) in [7, 11) is 0. The summed E-state index contributed by atoms with van der Waals surface area (Å²) in [5.74, 6) is 0.226. The van der Waals surface area contributed by atoms with Crippen LogP contribution in [-0.4, -0.2) is 24.5 Å². The number of rotatable bonds is 3. The van der Waals surface area contributed by atoms with Crippen LogP contribution in [0.4, 0.5) is 0 Å². The van der Waals surface area contributed by atoms with Gasteiger partial charge in [-0.1, -0.05) is 0 Å². The minimum atomic E-state index is 0.226. The van der Waals surface area contributed by atoms with Gasteiger partial charge >= 0.3 is 0 Å². The zero-order valence-electron chi connectivity index (χ0n) is 7.31. The highest BCUT2D eigenvalue weighted by Gasteiger charge is 2.23. The number of carbonyl (C=O) groups is 1. The van der Waals surface area contributed by atoms with Crippen LogP contribution in [0.3, 0.4) is 0 Å². The van der Waals surface area contributed by atoms with Gasteiger partial charge in [-0.25, -0.2) is 0 Å². The average Bonchev–Trinajstić information content (AvgIpc) is 2.84. The number of amides is 1. The fourth-order valence-corrected chi connectivity index (χ4v) is 1.63. The van der Waals surface area contributed by atoms with E-state index in [-0.39, 0.29) is 5.91 Å². The van der Waals surface area contributed by atoms with Gasteiger partial charge in [0.2, 0.25) is 5.91 Å². The molecule has 2 N–H and O–H groups in total. The molecule has 3 nitrogen and oxygen atoms in total. The maximum absolute atomic E-state index is 11.0. The molecule has 68 valence electrons. The van der Waals surface area contributed by atoms with Gasteiger partial charge in [0, 0.05) is 25.0 Å². The third-order valence-electron chi connectivity index (χ3n) is 2.55. The van der Waals surface area contributed by atoms with Crippen LogP contribution in [0.1, 0.15) is 32.1 Å². The first-order valence-electron chi connectivity index (χ1n) is 4.87. The summed E-state index contributed by atoms with van der Waals surface area (Å²) in [4.78, 5) is 11.0. The van der Waals surface area contributed by atoms with E-state index in [9.17, 15) is 4.79 Å². The second-order valence-electron chi connectivity index (χ2n) is 3.84. The number of nitrogens with one attached hydrogen (secondary N) is 2. The van der Waals surface area contributed by atoms with Crippen LogP contribution >= 0.6 is 0 Å². The second kappa shape index (κ2) is 3.44. The third-order valence-corrected chi connectivity index (χ3v) is 2.55. The molecule has 1 saturated heterocycles. The normalized spacial score (nSPS) is 30.0. The summed E-state index contributed by atoms with van der Waals surface area (Å²) in [6.07, 6.45) is 5.57. The number of carbonyl (C=O) groups excluding carboxylic acids is 1. The average molecular weight is 168 g/mol. The minimum absolute atomic E-state index is 0.226. The van der Waals surface area contributed by atoms with E-state index in [1.54, 1.807) is 0 Å². The Hall–Kier alpha value is -0.570. The van der Waals surface area contributed by atoms with Crippen LogP contribution in [0.2, 0.25) is 0 Å². The molecule has 1 heterocycles. The monoisotopic (exact) mass is 168 g/mol. The van der Waals surface area contributed by atoms with Crippen LogP contribution in [0.5, 0.6) is 0 Å². The van der Waals surface area contributed by atoms with E-state index in [0.29, 0.717) is 6.04 Å². The van der Waals surface area contributed by atoms with Gasteiger partial charge in [0.25, 0.3) is 0 Å². The summed E-state index contributed by atoms with van der Waals surface area (Å²) in [6, 6.07) is 1.15. The van der Waals surface area contributed by atoms with Gasteiger partial charge in [0.15, 0.2) is 0 Å². The van der Waals surface area contributed by atoms with Gasteiger partial charge in [0.1, 0.15) is 0 Å². The molecule has 3 heteroatoms.